The molecule has 2 heterocycles. The zero-order valence-corrected chi connectivity index (χ0v) is 13.7. The van der Waals surface area contributed by atoms with Gasteiger partial charge in [-0.1, -0.05) is 13.3 Å². The average molecular weight is 326 g/mol. The van der Waals surface area contributed by atoms with Gasteiger partial charge in [0.05, 0.1) is 12.0 Å². The van der Waals surface area contributed by atoms with Gasteiger partial charge in [-0.2, -0.15) is 8.42 Å². The molecule has 21 heavy (non-hydrogen) atoms. The molecule has 6 nitrogen and oxygen atoms in total. The first kappa shape index (κ1) is 14.5. The van der Waals surface area contributed by atoms with Crippen molar-refractivity contribution in [3.63, 3.8) is 0 Å². The van der Waals surface area contributed by atoms with Gasteiger partial charge in [-0.15, -0.1) is 11.3 Å². The fourth-order valence-electron chi connectivity index (χ4n) is 2.53. The summed E-state index contributed by atoms with van der Waals surface area (Å²) in [6, 6.07) is 0. The predicted molar refractivity (Wildman–Crippen MR) is 81.9 cm³/mol. The van der Waals surface area contributed by atoms with E-state index in [-0.39, 0.29) is 5.03 Å². The highest BCUT2D eigenvalue weighted by Crippen LogP contribution is 2.34. The van der Waals surface area contributed by atoms with Crippen LogP contribution < -0.4 is 4.72 Å². The lowest BCUT2D eigenvalue weighted by molar-refractivity contribution is 0.446. The van der Waals surface area contributed by atoms with E-state index in [1.54, 1.807) is 11.6 Å². The van der Waals surface area contributed by atoms with Crippen molar-refractivity contribution in [2.24, 2.45) is 13.0 Å². The number of thiazole rings is 1. The minimum absolute atomic E-state index is 0.0182. The van der Waals surface area contributed by atoms with E-state index in [1.165, 1.54) is 28.7 Å². The first-order valence-electron chi connectivity index (χ1n) is 6.97. The molecule has 3 rings (SSSR count). The first-order chi connectivity index (χ1) is 9.98. The third-order valence-electron chi connectivity index (χ3n) is 3.80. The average Bonchev–Trinajstić information content (AvgIpc) is 3.03. The van der Waals surface area contributed by atoms with Gasteiger partial charge in [0.25, 0.3) is 10.0 Å². The highest BCUT2D eigenvalue weighted by atomic mass is 32.2. The number of nitrogens with zero attached hydrogens (tertiary/aromatic N) is 3. The molecule has 0 aromatic carbocycles. The highest BCUT2D eigenvalue weighted by molar-refractivity contribution is 7.92. The molecule has 1 N–H and O–H groups in total. The van der Waals surface area contributed by atoms with Gasteiger partial charge in [0, 0.05) is 18.1 Å². The first-order valence-corrected chi connectivity index (χ1v) is 9.27. The molecule has 1 unspecified atom stereocenters. The van der Waals surface area contributed by atoms with Crippen LogP contribution in [0.15, 0.2) is 17.6 Å². The number of nitrogens with one attached hydrogen (secondary N) is 1. The molecule has 0 aliphatic heterocycles. The quantitative estimate of drug-likeness (QED) is 0.934. The van der Waals surface area contributed by atoms with Crippen molar-refractivity contribution in [2.75, 3.05) is 4.72 Å². The summed E-state index contributed by atoms with van der Waals surface area (Å²) in [6.07, 6.45) is 7.19. The van der Waals surface area contributed by atoms with Crippen LogP contribution in [0.1, 0.15) is 30.3 Å². The number of anilines is 1. The Hall–Kier alpha value is -1.41. The second-order valence-electron chi connectivity index (χ2n) is 5.39. The zero-order valence-electron chi connectivity index (χ0n) is 12.0. The molecule has 114 valence electrons. The number of rotatable bonds is 4. The lowest BCUT2D eigenvalue weighted by Crippen LogP contribution is -2.13. The standard InChI is InChI=1S/C13H18N4O2S2/c1-3-9-4-5-10-11(6-9)20-13(15-10)16-21(18,19)12-7-17(2)8-14-12/h7-9H,3-6H2,1-2H3,(H,15,16). The molecular weight excluding hydrogens is 308 g/mol. The van der Waals surface area contributed by atoms with E-state index in [0.29, 0.717) is 11.0 Å². The van der Waals surface area contributed by atoms with E-state index in [0.717, 1.165) is 31.4 Å². The van der Waals surface area contributed by atoms with Crippen molar-refractivity contribution in [2.45, 2.75) is 37.6 Å². The lowest BCUT2D eigenvalue weighted by atomic mass is 9.89. The Balaban J connectivity index is 1.81. The Morgan fingerprint density at radius 3 is 3.00 bits per heavy atom. The Morgan fingerprint density at radius 2 is 2.33 bits per heavy atom. The van der Waals surface area contributed by atoms with Crippen LogP contribution in [-0.2, 0) is 29.9 Å². The fourth-order valence-corrected chi connectivity index (χ4v) is 4.87. The Kier molecular flexibility index (Phi) is 3.75. The third kappa shape index (κ3) is 2.96. The number of fused-ring (bicyclic) bond motifs is 1. The normalized spacial score (nSPS) is 18.5. The van der Waals surface area contributed by atoms with Crippen molar-refractivity contribution >= 4 is 26.5 Å². The molecule has 1 atom stereocenters. The van der Waals surface area contributed by atoms with Gasteiger partial charge in [-0.05, 0) is 25.2 Å². The van der Waals surface area contributed by atoms with Crippen molar-refractivity contribution in [3.8, 4) is 0 Å². The third-order valence-corrected chi connectivity index (χ3v) is 6.19. The van der Waals surface area contributed by atoms with Gasteiger partial charge in [-0.25, -0.2) is 9.97 Å². The number of hydrogen-bond acceptors (Lipinski definition) is 5. The minimum Gasteiger partial charge on any atom is -0.339 e. The highest BCUT2D eigenvalue weighted by Gasteiger charge is 2.24. The molecule has 0 saturated carbocycles. The van der Waals surface area contributed by atoms with Crippen molar-refractivity contribution in [3.05, 3.63) is 23.1 Å². The topological polar surface area (TPSA) is 76.9 Å². The van der Waals surface area contributed by atoms with Crippen LogP contribution in [0.25, 0.3) is 0 Å². The molecule has 0 fully saturated rings. The summed E-state index contributed by atoms with van der Waals surface area (Å²) >= 11 is 1.45. The molecule has 0 spiro atoms. The van der Waals surface area contributed by atoms with Gasteiger partial charge in [0.1, 0.15) is 0 Å². The zero-order chi connectivity index (χ0) is 15.0. The Morgan fingerprint density at radius 1 is 1.52 bits per heavy atom. The van der Waals surface area contributed by atoms with Gasteiger partial charge in [0.15, 0.2) is 10.2 Å². The number of aryl methyl sites for hydroxylation is 2. The number of sulfonamides is 1. The molecule has 2 aromatic rings. The maximum Gasteiger partial charge on any atom is 0.282 e. The van der Waals surface area contributed by atoms with Crippen molar-refractivity contribution in [1.82, 2.24) is 14.5 Å². The van der Waals surface area contributed by atoms with E-state index in [1.807, 2.05) is 0 Å². The van der Waals surface area contributed by atoms with Gasteiger partial charge in [0.2, 0.25) is 0 Å². The SMILES string of the molecule is CCC1CCc2nc(NS(=O)(=O)c3cn(C)cn3)sc2C1. The van der Waals surface area contributed by atoms with Gasteiger partial charge >= 0.3 is 0 Å². The minimum atomic E-state index is -3.65. The summed E-state index contributed by atoms with van der Waals surface area (Å²) in [6.45, 7) is 2.20. The number of aromatic nitrogens is 3. The van der Waals surface area contributed by atoms with E-state index in [9.17, 15) is 8.42 Å². The Labute approximate surface area is 128 Å². The van der Waals surface area contributed by atoms with Crippen LogP contribution in [0.4, 0.5) is 5.13 Å². The molecule has 0 radical (unpaired) electrons. The van der Waals surface area contributed by atoms with Gasteiger partial charge < -0.3 is 4.57 Å². The second kappa shape index (κ2) is 5.42. The van der Waals surface area contributed by atoms with Crippen molar-refractivity contribution < 1.29 is 8.42 Å². The Bertz CT molecular complexity index is 748. The van der Waals surface area contributed by atoms with E-state index >= 15 is 0 Å². The molecule has 2 aromatic heterocycles. The monoisotopic (exact) mass is 326 g/mol. The molecular formula is C13H18N4O2S2. The number of hydrogen-bond donors (Lipinski definition) is 1. The van der Waals surface area contributed by atoms with Gasteiger partial charge in [-0.3, -0.25) is 4.72 Å². The van der Waals surface area contributed by atoms with Crippen molar-refractivity contribution in [1.29, 1.82) is 0 Å². The van der Waals surface area contributed by atoms with Crippen LogP contribution in [0.5, 0.6) is 0 Å². The molecule has 1 aliphatic carbocycles. The predicted octanol–water partition coefficient (Wildman–Crippen LogP) is 2.19. The van der Waals surface area contributed by atoms with Crippen LogP contribution in [0.2, 0.25) is 0 Å². The van der Waals surface area contributed by atoms with E-state index in [2.05, 4.69) is 21.6 Å². The van der Waals surface area contributed by atoms with Crippen LogP contribution in [0.3, 0.4) is 0 Å². The smallest absolute Gasteiger partial charge is 0.282 e. The molecule has 0 bridgehead atoms. The molecule has 0 amide bonds. The second-order valence-corrected chi connectivity index (χ2v) is 8.10. The summed E-state index contributed by atoms with van der Waals surface area (Å²) in [5.41, 5.74) is 1.04. The maximum atomic E-state index is 12.2. The summed E-state index contributed by atoms with van der Waals surface area (Å²) in [4.78, 5) is 9.53. The maximum absolute atomic E-state index is 12.2. The van der Waals surface area contributed by atoms with E-state index in [4.69, 9.17) is 0 Å². The summed E-state index contributed by atoms with van der Waals surface area (Å²) < 4.78 is 28.6. The van der Waals surface area contributed by atoms with Crippen LogP contribution >= 0.6 is 11.3 Å². The van der Waals surface area contributed by atoms with Crippen LogP contribution in [0, 0.1) is 5.92 Å². The summed E-state index contributed by atoms with van der Waals surface area (Å²) in [5, 5.41) is 0.465. The number of imidazole rings is 1. The summed E-state index contributed by atoms with van der Waals surface area (Å²) in [5.74, 6) is 0.693. The van der Waals surface area contributed by atoms with E-state index < -0.39 is 10.0 Å². The largest absolute Gasteiger partial charge is 0.339 e. The van der Waals surface area contributed by atoms with Crippen LogP contribution in [-0.4, -0.2) is 23.0 Å². The molecule has 8 heteroatoms. The molecule has 1 aliphatic rings. The fraction of sp³-hybridized carbons (Fsp3) is 0.538. The lowest BCUT2D eigenvalue weighted by Gasteiger charge is -2.18. The summed E-state index contributed by atoms with van der Waals surface area (Å²) in [7, 11) is -1.91. The molecule has 0 saturated heterocycles.